The highest BCUT2D eigenvalue weighted by Gasteiger charge is 2.41. The van der Waals surface area contributed by atoms with E-state index in [4.69, 9.17) is 9.47 Å². The average molecular weight is 240 g/mol. The topological polar surface area (TPSA) is 21.8 Å². The Kier molecular flexibility index (Phi) is 2.80. The SMILES string of the molecule is COc1ccc([C@@H]2O[C@H]2c2ccc(C)cc2)cc1. The Morgan fingerprint density at radius 2 is 1.33 bits per heavy atom. The largest absolute Gasteiger partial charge is 0.497 e. The van der Waals surface area contributed by atoms with Gasteiger partial charge in [0.25, 0.3) is 0 Å². The van der Waals surface area contributed by atoms with Gasteiger partial charge in [-0.2, -0.15) is 0 Å². The number of methoxy groups -OCH3 is 1. The molecule has 1 fully saturated rings. The van der Waals surface area contributed by atoms with Crippen molar-refractivity contribution in [2.24, 2.45) is 0 Å². The predicted molar refractivity (Wildman–Crippen MR) is 70.7 cm³/mol. The van der Waals surface area contributed by atoms with Crippen molar-refractivity contribution >= 4 is 0 Å². The minimum absolute atomic E-state index is 0.193. The fourth-order valence-corrected chi connectivity index (χ4v) is 2.17. The van der Waals surface area contributed by atoms with Crippen LogP contribution >= 0.6 is 0 Å². The van der Waals surface area contributed by atoms with Gasteiger partial charge in [-0.25, -0.2) is 0 Å². The number of benzene rings is 2. The third-order valence-corrected chi connectivity index (χ3v) is 3.34. The summed E-state index contributed by atoms with van der Waals surface area (Å²) in [5.74, 6) is 0.881. The van der Waals surface area contributed by atoms with Gasteiger partial charge in [0, 0.05) is 0 Å². The second kappa shape index (κ2) is 4.46. The number of epoxide rings is 1. The van der Waals surface area contributed by atoms with Gasteiger partial charge in [-0.15, -0.1) is 0 Å². The molecular weight excluding hydrogens is 224 g/mol. The normalized spacial score (nSPS) is 21.7. The first kappa shape index (κ1) is 11.3. The number of ether oxygens (including phenoxy) is 2. The Bertz CT molecular complexity index is 528. The van der Waals surface area contributed by atoms with Crippen molar-refractivity contribution in [2.45, 2.75) is 19.1 Å². The Hall–Kier alpha value is -1.80. The summed E-state index contributed by atoms with van der Waals surface area (Å²) in [6.45, 7) is 2.10. The lowest BCUT2D eigenvalue weighted by Crippen LogP contribution is -1.86. The van der Waals surface area contributed by atoms with Gasteiger partial charge in [0.15, 0.2) is 0 Å². The van der Waals surface area contributed by atoms with Gasteiger partial charge in [-0.1, -0.05) is 42.0 Å². The maximum atomic E-state index is 5.76. The number of hydrogen-bond acceptors (Lipinski definition) is 2. The Morgan fingerprint density at radius 3 is 1.83 bits per heavy atom. The first-order valence-electron chi connectivity index (χ1n) is 6.14. The molecule has 0 aromatic heterocycles. The van der Waals surface area contributed by atoms with E-state index in [9.17, 15) is 0 Å². The summed E-state index contributed by atoms with van der Waals surface area (Å²) in [7, 11) is 1.68. The quantitative estimate of drug-likeness (QED) is 0.761. The number of hydrogen-bond donors (Lipinski definition) is 0. The van der Waals surface area contributed by atoms with E-state index in [1.807, 2.05) is 12.1 Å². The van der Waals surface area contributed by atoms with Crippen LogP contribution in [0.25, 0.3) is 0 Å². The molecule has 0 saturated carbocycles. The molecule has 0 unspecified atom stereocenters. The minimum atomic E-state index is 0.193. The fraction of sp³-hybridized carbons (Fsp3) is 0.250. The van der Waals surface area contributed by atoms with Gasteiger partial charge < -0.3 is 9.47 Å². The van der Waals surface area contributed by atoms with Crippen molar-refractivity contribution < 1.29 is 9.47 Å². The van der Waals surface area contributed by atoms with E-state index in [1.54, 1.807) is 7.11 Å². The fourth-order valence-electron chi connectivity index (χ4n) is 2.17. The summed E-state index contributed by atoms with van der Waals surface area (Å²) in [5, 5.41) is 0. The highest BCUT2D eigenvalue weighted by atomic mass is 16.6. The molecule has 1 heterocycles. The van der Waals surface area contributed by atoms with Crippen LogP contribution in [0.15, 0.2) is 48.5 Å². The Morgan fingerprint density at radius 1 is 0.833 bits per heavy atom. The van der Waals surface area contributed by atoms with E-state index in [0.717, 1.165) is 5.75 Å². The summed E-state index contributed by atoms with van der Waals surface area (Å²) >= 11 is 0. The predicted octanol–water partition coefficient (Wildman–Crippen LogP) is 3.82. The van der Waals surface area contributed by atoms with Gasteiger partial charge in [-0.05, 0) is 30.2 Å². The van der Waals surface area contributed by atoms with E-state index in [2.05, 4.69) is 43.3 Å². The van der Waals surface area contributed by atoms with Crippen LogP contribution in [0.3, 0.4) is 0 Å². The molecular formula is C16H16O2. The molecule has 0 N–H and O–H groups in total. The summed E-state index contributed by atoms with van der Waals surface area (Å²) < 4.78 is 10.9. The zero-order valence-electron chi connectivity index (χ0n) is 10.6. The van der Waals surface area contributed by atoms with Crippen LogP contribution in [-0.2, 0) is 4.74 Å². The molecule has 2 heteroatoms. The zero-order valence-corrected chi connectivity index (χ0v) is 10.6. The molecule has 1 aliphatic heterocycles. The zero-order chi connectivity index (χ0) is 12.5. The van der Waals surface area contributed by atoms with Gasteiger partial charge in [0.1, 0.15) is 18.0 Å². The van der Waals surface area contributed by atoms with Crippen LogP contribution in [0.1, 0.15) is 28.9 Å². The van der Waals surface area contributed by atoms with Crippen LogP contribution in [0, 0.1) is 6.92 Å². The van der Waals surface area contributed by atoms with Gasteiger partial charge in [-0.3, -0.25) is 0 Å². The Labute approximate surface area is 107 Å². The van der Waals surface area contributed by atoms with E-state index in [0.29, 0.717) is 0 Å². The highest BCUT2D eigenvalue weighted by molar-refractivity contribution is 5.34. The molecule has 1 saturated heterocycles. The average Bonchev–Trinajstić information content (AvgIpc) is 3.20. The molecule has 0 spiro atoms. The second-order valence-electron chi connectivity index (χ2n) is 4.66. The summed E-state index contributed by atoms with van der Waals surface area (Å²) in [6, 6.07) is 16.6. The lowest BCUT2D eigenvalue weighted by atomic mass is 10.0. The summed E-state index contributed by atoms with van der Waals surface area (Å²) in [4.78, 5) is 0. The van der Waals surface area contributed by atoms with E-state index in [1.165, 1.54) is 16.7 Å². The molecule has 0 bridgehead atoms. The molecule has 2 atom stereocenters. The molecule has 3 rings (SSSR count). The molecule has 18 heavy (non-hydrogen) atoms. The van der Waals surface area contributed by atoms with Crippen molar-refractivity contribution in [2.75, 3.05) is 7.11 Å². The smallest absolute Gasteiger partial charge is 0.118 e. The number of rotatable bonds is 3. The van der Waals surface area contributed by atoms with Crippen molar-refractivity contribution in [3.63, 3.8) is 0 Å². The lowest BCUT2D eigenvalue weighted by molar-refractivity contribution is 0.377. The second-order valence-corrected chi connectivity index (χ2v) is 4.66. The van der Waals surface area contributed by atoms with Crippen LogP contribution < -0.4 is 4.74 Å². The summed E-state index contributed by atoms with van der Waals surface area (Å²) in [6.07, 6.45) is 0.401. The molecule has 2 aromatic rings. The van der Waals surface area contributed by atoms with Gasteiger partial charge >= 0.3 is 0 Å². The molecule has 0 aliphatic carbocycles. The standard InChI is InChI=1S/C16H16O2/c1-11-3-5-12(6-4-11)15-16(18-15)13-7-9-14(17-2)10-8-13/h3-10,15-16H,1-2H3/t15-,16-/m0/s1. The van der Waals surface area contributed by atoms with Crippen molar-refractivity contribution in [3.05, 3.63) is 65.2 Å². The van der Waals surface area contributed by atoms with Crippen molar-refractivity contribution in [1.29, 1.82) is 0 Å². The number of aryl methyl sites for hydroxylation is 1. The highest BCUT2D eigenvalue weighted by Crippen LogP contribution is 2.50. The summed E-state index contributed by atoms with van der Waals surface area (Å²) in [5.41, 5.74) is 3.74. The van der Waals surface area contributed by atoms with Crippen LogP contribution in [0.4, 0.5) is 0 Å². The molecule has 0 amide bonds. The molecule has 2 aromatic carbocycles. The maximum absolute atomic E-state index is 5.76. The molecule has 92 valence electrons. The van der Waals surface area contributed by atoms with Crippen molar-refractivity contribution in [1.82, 2.24) is 0 Å². The van der Waals surface area contributed by atoms with Crippen LogP contribution in [0.5, 0.6) is 5.75 Å². The molecule has 2 nitrogen and oxygen atoms in total. The first-order valence-corrected chi connectivity index (χ1v) is 6.14. The third kappa shape index (κ3) is 2.12. The maximum Gasteiger partial charge on any atom is 0.118 e. The van der Waals surface area contributed by atoms with E-state index in [-0.39, 0.29) is 12.2 Å². The minimum Gasteiger partial charge on any atom is -0.497 e. The van der Waals surface area contributed by atoms with Crippen LogP contribution in [-0.4, -0.2) is 7.11 Å². The molecule has 0 radical (unpaired) electrons. The van der Waals surface area contributed by atoms with Gasteiger partial charge in [0.05, 0.1) is 7.11 Å². The third-order valence-electron chi connectivity index (χ3n) is 3.34. The van der Waals surface area contributed by atoms with Crippen LogP contribution in [0.2, 0.25) is 0 Å². The first-order chi connectivity index (χ1) is 8.78. The monoisotopic (exact) mass is 240 g/mol. The van der Waals surface area contributed by atoms with Crippen molar-refractivity contribution in [3.8, 4) is 5.75 Å². The molecule has 1 aliphatic rings. The Balaban J connectivity index is 1.74. The van der Waals surface area contributed by atoms with E-state index >= 15 is 0 Å². The van der Waals surface area contributed by atoms with E-state index < -0.39 is 0 Å². The van der Waals surface area contributed by atoms with Gasteiger partial charge in [0.2, 0.25) is 0 Å². The lowest BCUT2D eigenvalue weighted by Gasteiger charge is -2.01.